The zero-order valence-corrected chi connectivity index (χ0v) is 15.8. The fourth-order valence-electron chi connectivity index (χ4n) is 3.69. The normalized spacial score (nSPS) is 24.7. The van der Waals surface area contributed by atoms with E-state index in [4.69, 9.17) is 9.47 Å². The first kappa shape index (κ1) is 18.5. The summed E-state index contributed by atoms with van der Waals surface area (Å²) >= 11 is 0. The van der Waals surface area contributed by atoms with Crippen LogP contribution in [0.2, 0.25) is 0 Å². The van der Waals surface area contributed by atoms with E-state index in [0.717, 1.165) is 25.1 Å². The average molecular weight is 360 g/mol. The maximum absolute atomic E-state index is 12.6. The summed E-state index contributed by atoms with van der Waals surface area (Å²) in [5.41, 5.74) is 0.935. The van der Waals surface area contributed by atoms with E-state index in [1.54, 1.807) is 14.2 Å². The molecule has 0 radical (unpaired) electrons. The van der Waals surface area contributed by atoms with Crippen LogP contribution in [0.5, 0.6) is 11.5 Å². The second kappa shape index (κ2) is 7.98. The van der Waals surface area contributed by atoms with Crippen LogP contribution in [-0.2, 0) is 16.1 Å². The van der Waals surface area contributed by atoms with Gasteiger partial charge >= 0.3 is 0 Å². The monoisotopic (exact) mass is 360 g/mol. The maximum Gasteiger partial charge on any atom is 0.226 e. The zero-order valence-electron chi connectivity index (χ0n) is 15.8. The number of nitrogens with zero attached hydrogens (tertiary/aromatic N) is 1. The topological polar surface area (TPSA) is 67.9 Å². The number of methoxy groups -OCH3 is 2. The Morgan fingerprint density at radius 3 is 2.65 bits per heavy atom. The molecule has 1 saturated heterocycles. The SMILES string of the molecule is COc1ccc(CNC(=O)C2CC2C(=O)N2CCCC(C)C2)cc1OC. The Kier molecular flexibility index (Phi) is 5.69. The van der Waals surface area contributed by atoms with Gasteiger partial charge < -0.3 is 19.7 Å². The number of nitrogens with one attached hydrogen (secondary N) is 1. The van der Waals surface area contributed by atoms with Crippen molar-refractivity contribution in [3.05, 3.63) is 23.8 Å². The highest BCUT2D eigenvalue weighted by Gasteiger charge is 2.49. The number of ether oxygens (including phenoxy) is 2. The van der Waals surface area contributed by atoms with Gasteiger partial charge in [0.1, 0.15) is 0 Å². The summed E-state index contributed by atoms with van der Waals surface area (Å²) in [7, 11) is 3.18. The van der Waals surface area contributed by atoms with Crippen molar-refractivity contribution in [1.82, 2.24) is 10.2 Å². The number of hydrogen-bond donors (Lipinski definition) is 1. The van der Waals surface area contributed by atoms with Crippen molar-refractivity contribution in [1.29, 1.82) is 0 Å². The number of carbonyl (C=O) groups is 2. The zero-order chi connectivity index (χ0) is 18.7. The lowest BCUT2D eigenvalue weighted by atomic mass is 10.00. The molecule has 0 spiro atoms. The molecule has 3 unspecified atom stereocenters. The standard InChI is InChI=1S/C20H28N2O4/c1-13-5-4-8-22(12-13)20(24)16-10-15(16)19(23)21-11-14-6-7-17(25-2)18(9-14)26-3/h6-7,9,13,15-16H,4-5,8,10-12H2,1-3H3,(H,21,23). The van der Waals surface area contributed by atoms with Gasteiger partial charge in [-0.1, -0.05) is 13.0 Å². The molecule has 6 nitrogen and oxygen atoms in total. The third kappa shape index (κ3) is 4.11. The van der Waals surface area contributed by atoms with Crippen LogP contribution in [0.25, 0.3) is 0 Å². The van der Waals surface area contributed by atoms with Crippen LogP contribution >= 0.6 is 0 Å². The van der Waals surface area contributed by atoms with Crippen LogP contribution in [0.3, 0.4) is 0 Å². The van der Waals surface area contributed by atoms with E-state index in [-0.39, 0.29) is 23.7 Å². The Labute approximate surface area is 154 Å². The Bertz CT molecular complexity index is 676. The Balaban J connectivity index is 1.50. The van der Waals surface area contributed by atoms with Crippen LogP contribution in [0.15, 0.2) is 18.2 Å². The van der Waals surface area contributed by atoms with E-state index in [2.05, 4.69) is 12.2 Å². The van der Waals surface area contributed by atoms with Gasteiger partial charge in [0, 0.05) is 19.6 Å². The molecule has 2 amide bonds. The number of carbonyl (C=O) groups excluding carboxylic acids is 2. The van der Waals surface area contributed by atoms with E-state index >= 15 is 0 Å². The van der Waals surface area contributed by atoms with Gasteiger partial charge in [0.25, 0.3) is 0 Å². The molecule has 1 heterocycles. The molecule has 1 aliphatic heterocycles. The molecular formula is C20H28N2O4. The first-order valence-electron chi connectivity index (χ1n) is 9.31. The molecule has 6 heteroatoms. The van der Waals surface area contributed by atoms with Crippen molar-refractivity contribution >= 4 is 11.8 Å². The summed E-state index contributed by atoms with van der Waals surface area (Å²) in [6.07, 6.45) is 2.92. The fourth-order valence-corrected chi connectivity index (χ4v) is 3.69. The number of piperidine rings is 1. The molecular weight excluding hydrogens is 332 g/mol. The molecule has 1 aromatic rings. The van der Waals surface area contributed by atoms with Crippen LogP contribution in [0, 0.1) is 17.8 Å². The van der Waals surface area contributed by atoms with E-state index in [9.17, 15) is 9.59 Å². The van der Waals surface area contributed by atoms with E-state index in [1.807, 2.05) is 23.1 Å². The number of benzene rings is 1. The van der Waals surface area contributed by atoms with Crippen LogP contribution in [0.4, 0.5) is 0 Å². The molecule has 0 bridgehead atoms. The molecule has 142 valence electrons. The molecule has 2 aliphatic rings. The summed E-state index contributed by atoms with van der Waals surface area (Å²) < 4.78 is 10.5. The third-order valence-electron chi connectivity index (χ3n) is 5.33. The minimum atomic E-state index is -0.181. The molecule has 1 aliphatic carbocycles. The molecule has 3 atom stereocenters. The van der Waals surface area contributed by atoms with E-state index < -0.39 is 0 Å². The van der Waals surface area contributed by atoms with Gasteiger partial charge in [0.05, 0.1) is 26.1 Å². The minimum absolute atomic E-state index is 0.0387. The van der Waals surface area contributed by atoms with Gasteiger partial charge in [-0.3, -0.25) is 9.59 Å². The second-order valence-electron chi connectivity index (χ2n) is 7.39. The molecule has 3 rings (SSSR count). The first-order valence-corrected chi connectivity index (χ1v) is 9.31. The lowest BCUT2D eigenvalue weighted by Gasteiger charge is -2.31. The molecule has 26 heavy (non-hydrogen) atoms. The summed E-state index contributed by atoms with van der Waals surface area (Å²) in [6, 6.07) is 5.57. The van der Waals surface area contributed by atoms with Crippen molar-refractivity contribution in [3.8, 4) is 11.5 Å². The van der Waals surface area contributed by atoms with Gasteiger partial charge in [-0.05, 0) is 42.9 Å². The fraction of sp³-hybridized carbons (Fsp3) is 0.600. The number of likely N-dealkylation sites (tertiary alicyclic amines) is 1. The van der Waals surface area contributed by atoms with Crippen molar-refractivity contribution < 1.29 is 19.1 Å². The lowest BCUT2D eigenvalue weighted by molar-refractivity contribution is -0.136. The highest BCUT2D eigenvalue weighted by Crippen LogP contribution is 2.41. The lowest BCUT2D eigenvalue weighted by Crippen LogP contribution is -2.40. The van der Waals surface area contributed by atoms with Gasteiger partial charge in [-0.2, -0.15) is 0 Å². The first-order chi connectivity index (χ1) is 12.5. The predicted molar refractivity (Wildman–Crippen MR) is 98.0 cm³/mol. The molecule has 0 aromatic heterocycles. The van der Waals surface area contributed by atoms with Gasteiger partial charge in [0.15, 0.2) is 11.5 Å². The Morgan fingerprint density at radius 2 is 1.96 bits per heavy atom. The third-order valence-corrected chi connectivity index (χ3v) is 5.33. The van der Waals surface area contributed by atoms with E-state index in [1.165, 1.54) is 6.42 Å². The number of rotatable bonds is 6. The van der Waals surface area contributed by atoms with Crippen LogP contribution in [0.1, 0.15) is 31.7 Å². The second-order valence-corrected chi connectivity index (χ2v) is 7.39. The molecule has 2 fully saturated rings. The van der Waals surface area contributed by atoms with Gasteiger partial charge in [-0.25, -0.2) is 0 Å². The summed E-state index contributed by atoms with van der Waals surface area (Å²) in [4.78, 5) is 26.9. The minimum Gasteiger partial charge on any atom is -0.493 e. The maximum atomic E-state index is 12.6. The summed E-state index contributed by atoms with van der Waals surface area (Å²) in [6.45, 7) is 4.26. The van der Waals surface area contributed by atoms with Crippen LogP contribution in [-0.4, -0.2) is 44.0 Å². The average Bonchev–Trinajstić information content (AvgIpc) is 3.46. The van der Waals surface area contributed by atoms with Crippen molar-refractivity contribution in [2.45, 2.75) is 32.7 Å². The number of amides is 2. The Hall–Kier alpha value is -2.24. The van der Waals surface area contributed by atoms with Crippen molar-refractivity contribution in [2.75, 3.05) is 27.3 Å². The quantitative estimate of drug-likeness (QED) is 0.845. The molecule has 1 aromatic carbocycles. The molecule has 1 saturated carbocycles. The highest BCUT2D eigenvalue weighted by molar-refractivity contribution is 5.92. The smallest absolute Gasteiger partial charge is 0.226 e. The highest BCUT2D eigenvalue weighted by atomic mass is 16.5. The summed E-state index contributed by atoms with van der Waals surface area (Å²) in [5, 5.41) is 2.94. The number of hydrogen-bond acceptors (Lipinski definition) is 4. The van der Waals surface area contributed by atoms with Crippen LogP contribution < -0.4 is 14.8 Å². The van der Waals surface area contributed by atoms with Crippen molar-refractivity contribution in [3.63, 3.8) is 0 Å². The predicted octanol–water partition coefficient (Wildman–Crippen LogP) is 2.21. The van der Waals surface area contributed by atoms with Gasteiger partial charge in [-0.15, -0.1) is 0 Å². The largest absolute Gasteiger partial charge is 0.493 e. The van der Waals surface area contributed by atoms with Crippen molar-refractivity contribution in [2.24, 2.45) is 17.8 Å². The van der Waals surface area contributed by atoms with E-state index in [0.29, 0.717) is 30.4 Å². The Morgan fingerprint density at radius 1 is 1.19 bits per heavy atom. The summed E-state index contributed by atoms with van der Waals surface area (Å²) in [5.74, 6) is 1.66. The van der Waals surface area contributed by atoms with Gasteiger partial charge in [0.2, 0.25) is 11.8 Å². The molecule has 1 N–H and O–H groups in total.